The van der Waals surface area contributed by atoms with Gasteiger partial charge >= 0.3 is 0 Å². The molecule has 0 saturated carbocycles. The van der Waals surface area contributed by atoms with Crippen molar-refractivity contribution in [2.45, 2.75) is 0 Å². The van der Waals surface area contributed by atoms with Gasteiger partial charge in [-0.05, 0) is 12.0 Å². The van der Waals surface area contributed by atoms with Crippen molar-refractivity contribution in [2.75, 3.05) is 0 Å². The first-order chi connectivity index (χ1) is 7.81. The number of rotatable bonds is 1. The largest absolute Gasteiger partial charge is 0.462 e. The van der Waals surface area contributed by atoms with Gasteiger partial charge < -0.3 is 14.2 Å². The van der Waals surface area contributed by atoms with Crippen LogP contribution in [0.2, 0.25) is 0 Å². The molecule has 2 heterocycles. The normalized spacial score (nSPS) is 10.3. The molecule has 0 aliphatic rings. The van der Waals surface area contributed by atoms with E-state index in [4.69, 9.17) is 9.62 Å². The zero-order valence-corrected chi connectivity index (χ0v) is 8.58. The molecule has 5 nitrogen and oxygen atoms in total. The highest BCUT2D eigenvalue weighted by Gasteiger charge is 2.00. The average molecular weight is 215 g/mol. The molecule has 80 valence electrons. The maximum atomic E-state index is 8.40. The lowest BCUT2D eigenvalue weighted by atomic mass is 10.2. The first-order valence-electron chi connectivity index (χ1n) is 4.55. The van der Waals surface area contributed by atoms with Crippen LogP contribution < -0.4 is 0 Å². The lowest BCUT2D eigenvalue weighted by molar-refractivity contribution is 0.320. The summed E-state index contributed by atoms with van der Waals surface area (Å²) < 4.78 is 6.88. The van der Waals surface area contributed by atoms with Crippen LogP contribution in [-0.4, -0.2) is 21.0 Å². The maximum Gasteiger partial charge on any atom is 0.185 e. The fourth-order valence-electron chi connectivity index (χ4n) is 1.19. The third kappa shape index (κ3) is 1.96. The van der Waals surface area contributed by atoms with Crippen LogP contribution in [0.5, 0.6) is 0 Å². The molecular formula is C11H9N3O2. The molecule has 5 heteroatoms. The SMILES string of the molecule is Cn1ccnc1C#Cc1ccoc1/C=N/O. The van der Waals surface area contributed by atoms with Crippen molar-refractivity contribution in [3.05, 3.63) is 41.9 Å². The maximum absolute atomic E-state index is 8.40. The molecule has 0 aliphatic heterocycles. The summed E-state index contributed by atoms with van der Waals surface area (Å²) in [5.74, 6) is 6.87. The Bertz CT molecular complexity index is 569. The minimum Gasteiger partial charge on any atom is -0.462 e. The Kier molecular flexibility index (Phi) is 2.74. The third-order valence-electron chi connectivity index (χ3n) is 2.00. The molecule has 0 unspecified atom stereocenters. The molecule has 0 atom stereocenters. The molecule has 2 aromatic rings. The first-order valence-corrected chi connectivity index (χ1v) is 4.55. The van der Waals surface area contributed by atoms with Gasteiger partial charge in [-0.3, -0.25) is 0 Å². The second-order valence-electron chi connectivity index (χ2n) is 3.05. The van der Waals surface area contributed by atoms with Crippen LogP contribution in [0.4, 0.5) is 0 Å². The van der Waals surface area contributed by atoms with Gasteiger partial charge in [0.25, 0.3) is 0 Å². The molecular weight excluding hydrogens is 206 g/mol. The van der Waals surface area contributed by atoms with E-state index in [-0.39, 0.29) is 0 Å². The highest BCUT2D eigenvalue weighted by molar-refractivity contribution is 5.79. The Morgan fingerprint density at radius 1 is 1.56 bits per heavy atom. The summed E-state index contributed by atoms with van der Waals surface area (Å²) in [4.78, 5) is 4.07. The number of oxime groups is 1. The van der Waals surface area contributed by atoms with Gasteiger partial charge in [-0.25, -0.2) is 4.98 Å². The topological polar surface area (TPSA) is 63.5 Å². The van der Waals surface area contributed by atoms with Gasteiger partial charge in [0.05, 0.1) is 11.8 Å². The average Bonchev–Trinajstić information content (AvgIpc) is 2.86. The molecule has 0 aromatic carbocycles. The van der Waals surface area contributed by atoms with Crippen LogP contribution in [0.1, 0.15) is 17.1 Å². The Morgan fingerprint density at radius 2 is 2.44 bits per heavy atom. The quantitative estimate of drug-likeness (QED) is 0.336. The standard InChI is InChI=1S/C11H9N3O2/c1-14-6-5-12-11(14)3-2-9-4-7-16-10(9)8-13-15/h4-8,15H,1H3/b13-8+. The number of nitrogens with zero attached hydrogens (tertiary/aromatic N) is 3. The van der Waals surface area contributed by atoms with Crippen LogP contribution in [0.3, 0.4) is 0 Å². The van der Waals surface area contributed by atoms with E-state index < -0.39 is 0 Å². The van der Waals surface area contributed by atoms with Crippen molar-refractivity contribution < 1.29 is 9.62 Å². The van der Waals surface area contributed by atoms with E-state index in [9.17, 15) is 0 Å². The number of imidazole rings is 1. The molecule has 0 fully saturated rings. The van der Waals surface area contributed by atoms with Crippen molar-refractivity contribution >= 4 is 6.21 Å². The Balaban J connectivity index is 2.31. The van der Waals surface area contributed by atoms with E-state index in [1.54, 1.807) is 12.3 Å². The van der Waals surface area contributed by atoms with E-state index in [0.717, 1.165) is 0 Å². The van der Waals surface area contributed by atoms with E-state index in [1.165, 1.54) is 12.5 Å². The zero-order valence-electron chi connectivity index (χ0n) is 8.58. The van der Waals surface area contributed by atoms with Crippen LogP contribution in [0, 0.1) is 11.8 Å². The van der Waals surface area contributed by atoms with Gasteiger partial charge in [0.2, 0.25) is 0 Å². The molecule has 1 N–H and O–H groups in total. The minimum absolute atomic E-state index is 0.421. The van der Waals surface area contributed by atoms with Gasteiger partial charge in [0.1, 0.15) is 6.21 Å². The summed E-state index contributed by atoms with van der Waals surface area (Å²) in [7, 11) is 1.86. The van der Waals surface area contributed by atoms with Crippen LogP contribution in [0.15, 0.2) is 34.3 Å². The number of aryl methyl sites for hydroxylation is 1. The minimum atomic E-state index is 0.421. The van der Waals surface area contributed by atoms with Crippen LogP contribution in [-0.2, 0) is 7.05 Å². The molecule has 0 aliphatic carbocycles. The highest BCUT2D eigenvalue weighted by Crippen LogP contribution is 2.06. The van der Waals surface area contributed by atoms with Gasteiger partial charge in [0, 0.05) is 19.4 Å². The predicted octanol–water partition coefficient (Wildman–Crippen LogP) is 1.22. The highest BCUT2D eigenvalue weighted by atomic mass is 16.4. The number of furan rings is 1. The number of aromatic nitrogens is 2. The van der Waals surface area contributed by atoms with Crippen LogP contribution in [0.25, 0.3) is 0 Å². The van der Waals surface area contributed by atoms with Gasteiger partial charge in [0.15, 0.2) is 11.6 Å². The van der Waals surface area contributed by atoms with E-state index >= 15 is 0 Å². The second-order valence-corrected chi connectivity index (χ2v) is 3.05. The van der Waals surface area contributed by atoms with Crippen molar-refractivity contribution in [3.8, 4) is 11.8 Å². The molecule has 0 amide bonds. The van der Waals surface area contributed by atoms with E-state index in [0.29, 0.717) is 17.1 Å². The third-order valence-corrected chi connectivity index (χ3v) is 2.00. The zero-order chi connectivity index (χ0) is 11.4. The van der Waals surface area contributed by atoms with E-state index in [1.807, 2.05) is 17.8 Å². The van der Waals surface area contributed by atoms with Crippen molar-refractivity contribution in [1.82, 2.24) is 9.55 Å². The van der Waals surface area contributed by atoms with Crippen LogP contribution >= 0.6 is 0 Å². The molecule has 0 radical (unpaired) electrons. The van der Waals surface area contributed by atoms with Crippen molar-refractivity contribution in [3.63, 3.8) is 0 Å². The first kappa shape index (κ1) is 10.1. The lowest BCUT2D eigenvalue weighted by Gasteiger charge is -1.89. The summed E-state index contributed by atoms with van der Waals surface area (Å²) in [5.41, 5.74) is 0.654. The summed E-state index contributed by atoms with van der Waals surface area (Å²) in [5, 5.41) is 11.3. The number of hydrogen-bond donors (Lipinski definition) is 1. The molecule has 0 spiro atoms. The molecule has 2 aromatic heterocycles. The number of hydrogen-bond acceptors (Lipinski definition) is 4. The van der Waals surface area contributed by atoms with Gasteiger partial charge in [-0.1, -0.05) is 11.1 Å². The Labute approximate surface area is 92.0 Å². The fourth-order valence-corrected chi connectivity index (χ4v) is 1.19. The van der Waals surface area contributed by atoms with E-state index in [2.05, 4.69) is 22.0 Å². The smallest absolute Gasteiger partial charge is 0.185 e. The molecule has 0 bridgehead atoms. The lowest BCUT2D eigenvalue weighted by Crippen LogP contribution is -1.90. The molecule has 2 rings (SSSR count). The monoisotopic (exact) mass is 215 g/mol. The second kappa shape index (κ2) is 4.36. The summed E-state index contributed by atoms with van der Waals surface area (Å²) in [6, 6.07) is 1.70. The Hall–Kier alpha value is -2.48. The van der Waals surface area contributed by atoms with Gasteiger partial charge in [-0.15, -0.1) is 0 Å². The predicted molar refractivity (Wildman–Crippen MR) is 57.3 cm³/mol. The Morgan fingerprint density at radius 3 is 3.12 bits per heavy atom. The fraction of sp³-hybridized carbons (Fsp3) is 0.0909. The summed E-state index contributed by atoms with van der Waals surface area (Å²) in [6.45, 7) is 0. The molecule has 16 heavy (non-hydrogen) atoms. The van der Waals surface area contributed by atoms with Crippen molar-refractivity contribution in [1.29, 1.82) is 0 Å². The summed E-state index contributed by atoms with van der Waals surface area (Å²) >= 11 is 0. The van der Waals surface area contributed by atoms with Crippen molar-refractivity contribution in [2.24, 2.45) is 12.2 Å². The summed E-state index contributed by atoms with van der Waals surface area (Å²) in [6.07, 6.45) is 6.17. The van der Waals surface area contributed by atoms with Gasteiger partial charge in [-0.2, -0.15) is 0 Å². The molecule has 0 saturated heterocycles.